The van der Waals surface area contributed by atoms with Gasteiger partial charge in [0, 0.05) is 32.9 Å². The lowest BCUT2D eigenvalue weighted by atomic mass is 9.93. The van der Waals surface area contributed by atoms with E-state index in [4.69, 9.17) is 0 Å². The molecule has 0 atom stereocenters. The quantitative estimate of drug-likeness (QED) is 0.144. The molecule has 1 aliphatic carbocycles. The second-order valence-corrected chi connectivity index (χ2v) is 18.0. The van der Waals surface area contributed by atoms with E-state index in [1.54, 1.807) is 0 Å². The van der Waals surface area contributed by atoms with Crippen molar-refractivity contribution in [3.8, 4) is 67.0 Å². The number of benzene rings is 10. The molecule has 0 saturated carbocycles. The lowest BCUT2D eigenvalue weighted by Gasteiger charge is -2.14. The Labute approximate surface area is 396 Å². The lowest BCUT2D eigenvalue weighted by Crippen LogP contribution is -1.98. The summed E-state index contributed by atoms with van der Waals surface area (Å²) in [4.78, 5) is 0. The van der Waals surface area contributed by atoms with E-state index < -0.39 is 0 Å². The van der Waals surface area contributed by atoms with Crippen molar-refractivity contribution in [2.75, 3.05) is 0 Å². The Balaban J connectivity index is 0.832. The maximum atomic E-state index is 2.48. The first-order chi connectivity index (χ1) is 33.7. The van der Waals surface area contributed by atoms with Crippen LogP contribution in [-0.4, -0.2) is 9.13 Å². The summed E-state index contributed by atoms with van der Waals surface area (Å²) in [6.07, 6.45) is 9.11. The van der Waals surface area contributed by atoms with Gasteiger partial charge in [0.2, 0.25) is 0 Å². The molecule has 0 amide bonds. The smallest absolute Gasteiger partial charge is 0.0788 e. The van der Waals surface area contributed by atoms with Crippen molar-refractivity contribution in [1.29, 1.82) is 0 Å². The van der Waals surface area contributed by atoms with Crippen LogP contribution in [0.4, 0.5) is 0 Å². The fraction of sp³-hybridized carbons (Fsp3) is 0.0303. The molecule has 0 aliphatic heterocycles. The zero-order valence-electron chi connectivity index (χ0n) is 37.6. The summed E-state index contributed by atoms with van der Waals surface area (Å²) in [7, 11) is 0. The SMILES string of the molecule is C1=CC(c2cccc(-c3cccc(-c4cccc(-c5ccc(-c6cccc(-c7cccc(-n8c9ccccc9c9ccc%10c%11ccccc%11n(-c%11ccccc%11)c%10c98)c7)c6)cc5)c4)c3)c2)=CCC1. The summed E-state index contributed by atoms with van der Waals surface area (Å²) in [6, 6.07) is 86.9. The zero-order chi connectivity index (χ0) is 45.0. The first-order valence-corrected chi connectivity index (χ1v) is 23.7. The number of nitrogens with zero attached hydrogens (tertiary/aromatic N) is 2. The van der Waals surface area contributed by atoms with Crippen LogP contribution in [0.25, 0.3) is 116 Å². The number of para-hydroxylation sites is 3. The fourth-order valence-corrected chi connectivity index (χ4v) is 10.6. The molecule has 2 nitrogen and oxygen atoms in total. The van der Waals surface area contributed by atoms with Gasteiger partial charge in [0.05, 0.1) is 22.1 Å². The van der Waals surface area contributed by atoms with Gasteiger partial charge in [-0.25, -0.2) is 0 Å². The standard InChI is InChI=1S/C66H46N2/c1-3-16-45(17-4-1)48-18-11-21-51(40-48)53-23-14-24-54(43-53)52-22-12-19-49(41-52)46-34-36-47(37-35-46)50-20-13-25-55(42-50)56-26-15-29-58(44-56)68-64-33-10-8-31-60(64)62-39-38-61-59-30-7-9-32-63(59)67(65(61)66(62)68)57-27-5-2-6-28-57/h2-3,5-44H,1,4H2. The van der Waals surface area contributed by atoms with E-state index in [-0.39, 0.29) is 0 Å². The molecule has 2 heterocycles. The van der Waals surface area contributed by atoms with Gasteiger partial charge >= 0.3 is 0 Å². The molecule has 0 radical (unpaired) electrons. The first-order valence-electron chi connectivity index (χ1n) is 23.7. The van der Waals surface area contributed by atoms with E-state index >= 15 is 0 Å². The molecule has 0 spiro atoms. The van der Waals surface area contributed by atoms with Gasteiger partial charge in [-0.15, -0.1) is 0 Å². The van der Waals surface area contributed by atoms with Crippen molar-refractivity contribution < 1.29 is 0 Å². The van der Waals surface area contributed by atoms with Crippen molar-refractivity contribution in [2.24, 2.45) is 0 Å². The van der Waals surface area contributed by atoms with Crippen molar-refractivity contribution in [2.45, 2.75) is 12.8 Å². The molecule has 10 aromatic carbocycles. The highest BCUT2D eigenvalue weighted by molar-refractivity contribution is 6.23. The van der Waals surface area contributed by atoms with Gasteiger partial charge in [-0.1, -0.05) is 194 Å². The first kappa shape index (κ1) is 39.6. The molecule has 0 bridgehead atoms. The predicted octanol–water partition coefficient (Wildman–Crippen LogP) is 17.9. The van der Waals surface area contributed by atoms with Crippen LogP contribution in [0.5, 0.6) is 0 Å². The van der Waals surface area contributed by atoms with Crippen LogP contribution in [0, 0.1) is 0 Å². The Hall–Kier alpha value is -8.72. The highest BCUT2D eigenvalue weighted by atomic mass is 15.0. The monoisotopic (exact) mass is 866 g/mol. The largest absolute Gasteiger partial charge is 0.307 e. The number of allylic oxidation sites excluding steroid dienone is 4. The number of rotatable bonds is 8. The van der Waals surface area contributed by atoms with E-state index in [1.165, 1.54) is 110 Å². The Bertz CT molecular complexity index is 3950. The summed E-state index contributed by atoms with van der Waals surface area (Å²) in [5, 5.41) is 4.99. The van der Waals surface area contributed by atoms with Crippen LogP contribution in [0.3, 0.4) is 0 Å². The third-order valence-electron chi connectivity index (χ3n) is 13.9. The molecular weight excluding hydrogens is 821 g/mol. The molecule has 68 heavy (non-hydrogen) atoms. The molecule has 12 aromatic rings. The minimum atomic E-state index is 1.10. The van der Waals surface area contributed by atoms with E-state index in [1.807, 2.05) is 0 Å². The van der Waals surface area contributed by atoms with E-state index in [0.29, 0.717) is 0 Å². The molecule has 0 N–H and O–H groups in total. The minimum absolute atomic E-state index is 1.10. The van der Waals surface area contributed by atoms with E-state index in [2.05, 4.69) is 264 Å². The highest BCUT2D eigenvalue weighted by Gasteiger charge is 2.21. The molecule has 13 rings (SSSR count). The molecule has 320 valence electrons. The molecule has 1 aliphatic rings. The highest BCUT2D eigenvalue weighted by Crippen LogP contribution is 2.42. The number of hydrogen-bond acceptors (Lipinski definition) is 0. The Kier molecular flexibility index (Phi) is 9.68. The summed E-state index contributed by atoms with van der Waals surface area (Å²) in [5.41, 5.74) is 21.7. The van der Waals surface area contributed by atoms with Gasteiger partial charge in [0.25, 0.3) is 0 Å². The van der Waals surface area contributed by atoms with Crippen LogP contribution >= 0.6 is 0 Å². The second-order valence-electron chi connectivity index (χ2n) is 18.0. The van der Waals surface area contributed by atoms with Crippen LogP contribution in [0.15, 0.2) is 255 Å². The number of hydrogen-bond donors (Lipinski definition) is 0. The summed E-state index contributed by atoms with van der Waals surface area (Å²) in [5.74, 6) is 0. The van der Waals surface area contributed by atoms with E-state index in [0.717, 1.165) is 24.2 Å². The van der Waals surface area contributed by atoms with Crippen LogP contribution < -0.4 is 0 Å². The maximum absolute atomic E-state index is 2.48. The normalized spacial score (nSPS) is 12.6. The summed E-state index contributed by atoms with van der Waals surface area (Å²) >= 11 is 0. The van der Waals surface area contributed by atoms with Crippen molar-refractivity contribution >= 4 is 49.2 Å². The second kappa shape index (κ2) is 16.6. The molecule has 0 fully saturated rings. The Morgan fingerprint density at radius 3 is 1.16 bits per heavy atom. The van der Waals surface area contributed by atoms with Crippen LogP contribution in [0.1, 0.15) is 18.4 Å². The zero-order valence-corrected chi connectivity index (χ0v) is 37.6. The summed E-state index contributed by atoms with van der Waals surface area (Å²) in [6.45, 7) is 0. The van der Waals surface area contributed by atoms with Crippen molar-refractivity contribution in [3.05, 3.63) is 260 Å². The molecule has 2 heteroatoms. The summed E-state index contributed by atoms with van der Waals surface area (Å²) < 4.78 is 4.93. The molecule has 0 saturated heterocycles. The minimum Gasteiger partial charge on any atom is -0.307 e. The molecule has 2 aromatic heterocycles. The predicted molar refractivity (Wildman–Crippen MR) is 289 cm³/mol. The van der Waals surface area contributed by atoms with Crippen LogP contribution in [-0.2, 0) is 0 Å². The Morgan fingerprint density at radius 2 is 0.662 bits per heavy atom. The fourth-order valence-electron chi connectivity index (χ4n) is 10.6. The van der Waals surface area contributed by atoms with Gasteiger partial charge in [-0.2, -0.15) is 0 Å². The van der Waals surface area contributed by atoms with Gasteiger partial charge < -0.3 is 9.13 Å². The average molecular weight is 867 g/mol. The van der Waals surface area contributed by atoms with Gasteiger partial charge in [-0.3, -0.25) is 0 Å². The number of fused-ring (bicyclic) bond motifs is 7. The lowest BCUT2D eigenvalue weighted by molar-refractivity contribution is 1.04. The van der Waals surface area contributed by atoms with Gasteiger partial charge in [-0.05, 0) is 140 Å². The topological polar surface area (TPSA) is 9.86 Å². The van der Waals surface area contributed by atoms with E-state index in [9.17, 15) is 0 Å². The Morgan fingerprint density at radius 1 is 0.265 bits per heavy atom. The van der Waals surface area contributed by atoms with Crippen LogP contribution in [0.2, 0.25) is 0 Å². The average Bonchev–Trinajstić information content (AvgIpc) is 3.95. The third-order valence-corrected chi connectivity index (χ3v) is 13.9. The third kappa shape index (κ3) is 6.89. The van der Waals surface area contributed by atoms with Gasteiger partial charge in [0.15, 0.2) is 0 Å². The molecule has 0 unspecified atom stereocenters. The number of aromatic nitrogens is 2. The van der Waals surface area contributed by atoms with Crippen molar-refractivity contribution in [1.82, 2.24) is 9.13 Å². The van der Waals surface area contributed by atoms with Crippen molar-refractivity contribution in [3.63, 3.8) is 0 Å². The van der Waals surface area contributed by atoms with Gasteiger partial charge in [0.1, 0.15) is 0 Å². The molecular formula is C66H46N2. The maximum Gasteiger partial charge on any atom is 0.0788 e.